The summed E-state index contributed by atoms with van der Waals surface area (Å²) < 4.78 is 5.85. The molecule has 0 aliphatic carbocycles. The Morgan fingerprint density at radius 3 is 2.79 bits per heavy atom. The molecule has 2 aliphatic rings. The van der Waals surface area contributed by atoms with Crippen LogP contribution in [-0.2, 0) is 9.53 Å². The molecule has 5 nitrogen and oxygen atoms in total. The number of hydrogen-bond acceptors (Lipinski definition) is 4. The van der Waals surface area contributed by atoms with Crippen molar-refractivity contribution in [2.75, 3.05) is 39.5 Å². The van der Waals surface area contributed by atoms with Crippen molar-refractivity contribution in [3.8, 4) is 0 Å². The van der Waals surface area contributed by atoms with Crippen molar-refractivity contribution in [2.45, 2.75) is 24.2 Å². The van der Waals surface area contributed by atoms with Crippen molar-refractivity contribution >= 4 is 23.6 Å². The number of thioether (sulfide) groups is 1. The smallest absolute Gasteiger partial charge is 0.253 e. The molecule has 130 valence electrons. The molecule has 1 spiro atoms. The summed E-state index contributed by atoms with van der Waals surface area (Å²) in [5, 5.41) is 0. The van der Waals surface area contributed by atoms with Gasteiger partial charge in [0, 0.05) is 38.5 Å². The average Bonchev–Trinajstić information content (AvgIpc) is 2.95. The Balaban J connectivity index is 1.49. The third-order valence-corrected chi connectivity index (χ3v) is 6.20. The molecule has 0 bridgehead atoms. The van der Waals surface area contributed by atoms with Gasteiger partial charge in [-0.3, -0.25) is 9.59 Å². The van der Waals surface area contributed by atoms with E-state index in [4.69, 9.17) is 4.74 Å². The minimum atomic E-state index is -0.00851. The normalized spacial score (nSPS) is 21.6. The number of aryl methyl sites for hydroxylation is 1. The summed E-state index contributed by atoms with van der Waals surface area (Å²) in [7, 11) is 3.47. The first-order valence-electron chi connectivity index (χ1n) is 8.20. The molecule has 1 aromatic carbocycles. The number of ether oxygens (including phenoxy) is 1. The van der Waals surface area contributed by atoms with Gasteiger partial charge in [-0.05, 0) is 25.5 Å². The number of likely N-dealkylation sites (N-methyl/N-ethyl adjacent to an activating group) is 1. The van der Waals surface area contributed by atoms with E-state index in [1.807, 2.05) is 47.9 Å². The van der Waals surface area contributed by atoms with Crippen LogP contribution in [0.25, 0.3) is 0 Å². The van der Waals surface area contributed by atoms with Gasteiger partial charge < -0.3 is 14.5 Å². The van der Waals surface area contributed by atoms with Gasteiger partial charge in [0.05, 0.1) is 10.9 Å². The van der Waals surface area contributed by atoms with E-state index >= 15 is 0 Å². The third-order valence-electron chi connectivity index (χ3n) is 4.63. The summed E-state index contributed by atoms with van der Waals surface area (Å²) in [5.74, 6) is 0.996. The molecule has 1 atom stereocenters. The van der Waals surface area contributed by atoms with Crippen LogP contribution < -0.4 is 0 Å². The molecule has 0 N–H and O–H groups in total. The SMILES string of the molecule is Cc1cccc(C(=O)N2CC3(CC(OCC(=O)N(C)C)CS3)C2)c1. The molecule has 2 saturated heterocycles. The number of carbonyl (C=O) groups excluding carboxylic acids is 2. The van der Waals surface area contributed by atoms with Crippen LogP contribution in [0.15, 0.2) is 24.3 Å². The van der Waals surface area contributed by atoms with Crippen LogP contribution in [0.3, 0.4) is 0 Å². The van der Waals surface area contributed by atoms with Crippen LogP contribution >= 0.6 is 11.8 Å². The molecule has 2 fully saturated rings. The van der Waals surface area contributed by atoms with Crippen molar-refractivity contribution < 1.29 is 14.3 Å². The maximum Gasteiger partial charge on any atom is 0.253 e. The summed E-state index contributed by atoms with van der Waals surface area (Å²) in [6.07, 6.45) is 1.02. The first kappa shape index (κ1) is 17.3. The van der Waals surface area contributed by atoms with Crippen molar-refractivity contribution in [2.24, 2.45) is 0 Å². The van der Waals surface area contributed by atoms with E-state index in [0.29, 0.717) is 0 Å². The van der Waals surface area contributed by atoms with E-state index in [2.05, 4.69) is 0 Å². The molecule has 24 heavy (non-hydrogen) atoms. The Labute approximate surface area is 147 Å². The highest BCUT2D eigenvalue weighted by Crippen LogP contribution is 2.46. The van der Waals surface area contributed by atoms with E-state index in [-0.39, 0.29) is 29.3 Å². The fourth-order valence-corrected chi connectivity index (χ4v) is 4.75. The molecule has 6 heteroatoms. The highest BCUT2D eigenvalue weighted by molar-refractivity contribution is 8.01. The zero-order valence-electron chi connectivity index (χ0n) is 14.4. The average molecular weight is 348 g/mol. The Morgan fingerprint density at radius 2 is 2.12 bits per heavy atom. The van der Waals surface area contributed by atoms with Crippen molar-refractivity contribution in [3.63, 3.8) is 0 Å². The topological polar surface area (TPSA) is 49.9 Å². The Kier molecular flexibility index (Phi) is 4.88. The maximum absolute atomic E-state index is 12.5. The van der Waals surface area contributed by atoms with E-state index in [9.17, 15) is 9.59 Å². The van der Waals surface area contributed by atoms with Crippen LogP contribution in [0.4, 0.5) is 0 Å². The van der Waals surface area contributed by atoms with Crippen molar-refractivity contribution in [1.82, 2.24) is 9.80 Å². The van der Waals surface area contributed by atoms with Crippen molar-refractivity contribution in [1.29, 1.82) is 0 Å². The Hall–Kier alpha value is -1.53. The van der Waals surface area contributed by atoms with Crippen molar-refractivity contribution in [3.05, 3.63) is 35.4 Å². The van der Waals surface area contributed by atoms with E-state index in [1.54, 1.807) is 19.0 Å². The summed E-state index contributed by atoms with van der Waals surface area (Å²) in [5.41, 5.74) is 1.86. The fraction of sp³-hybridized carbons (Fsp3) is 0.556. The second kappa shape index (κ2) is 6.76. The first-order chi connectivity index (χ1) is 11.4. The molecule has 1 unspecified atom stereocenters. The number of nitrogens with zero attached hydrogens (tertiary/aromatic N) is 2. The van der Waals surface area contributed by atoms with Crippen LogP contribution in [-0.4, -0.2) is 72.0 Å². The predicted molar refractivity (Wildman–Crippen MR) is 95.3 cm³/mol. The highest BCUT2D eigenvalue weighted by Gasteiger charge is 2.51. The minimum absolute atomic E-state index is 0.00851. The van der Waals surface area contributed by atoms with Gasteiger partial charge >= 0.3 is 0 Å². The molecule has 0 radical (unpaired) electrons. The highest BCUT2D eigenvalue weighted by atomic mass is 32.2. The lowest BCUT2D eigenvalue weighted by molar-refractivity contribution is -0.135. The number of carbonyl (C=O) groups is 2. The van der Waals surface area contributed by atoms with E-state index in [0.717, 1.165) is 36.4 Å². The lowest BCUT2D eigenvalue weighted by Gasteiger charge is -2.47. The Morgan fingerprint density at radius 1 is 1.38 bits per heavy atom. The van der Waals surface area contributed by atoms with Crippen LogP contribution in [0.2, 0.25) is 0 Å². The van der Waals surface area contributed by atoms with Crippen LogP contribution in [0.5, 0.6) is 0 Å². The van der Waals surface area contributed by atoms with Gasteiger partial charge in [-0.1, -0.05) is 17.7 Å². The number of likely N-dealkylation sites (tertiary alicyclic amines) is 1. The summed E-state index contributed by atoms with van der Waals surface area (Å²) in [4.78, 5) is 27.6. The lowest BCUT2D eigenvalue weighted by Crippen LogP contribution is -2.60. The van der Waals surface area contributed by atoms with Gasteiger partial charge in [-0.25, -0.2) is 0 Å². The molecular formula is C18H24N2O3S. The zero-order valence-corrected chi connectivity index (χ0v) is 15.3. The second-order valence-electron chi connectivity index (χ2n) is 6.95. The molecule has 0 saturated carbocycles. The van der Waals surface area contributed by atoms with E-state index < -0.39 is 0 Å². The van der Waals surface area contributed by atoms with Crippen LogP contribution in [0.1, 0.15) is 22.3 Å². The molecule has 3 rings (SSSR count). The third kappa shape index (κ3) is 3.59. The molecule has 2 heterocycles. The van der Waals surface area contributed by atoms with Gasteiger partial charge in [0.25, 0.3) is 5.91 Å². The number of amides is 2. The summed E-state index contributed by atoms with van der Waals surface area (Å²) in [6, 6.07) is 7.74. The van der Waals surface area contributed by atoms with E-state index in [1.165, 1.54) is 0 Å². The molecular weight excluding hydrogens is 324 g/mol. The molecule has 0 aromatic heterocycles. The second-order valence-corrected chi connectivity index (χ2v) is 8.44. The van der Waals surface area contributed by atoms with Gasteiger partial charge in [-0.15, -0.1) is 11.8 Å². The van der Waals surface area contributed by atoms with Gasteiger partial charge in [0.2, 0.25) is 5.91 Å². The predicted octanol–water partition coefficient (Wildman–Crippen LogP) is 1.80. The lowest BCUT2D eigenvalue weighted by atomic mass is 9.92. The first-order valence-corrected chi connectivity index (χ1v) is 9.19. The monoisotopic (exact) mass is 348 g/mol. The minimum Gasteiger partial charge on any atom is -0.367 e. The molecule has 2 aliphatic heterocycles. The van der Waals surface area contributed by atoms with Gasteiger partial charge in [-0.2, -0.15) is 0 Å². The number of hydrogen-bond donors (Lipinski definition) is 0. The summed E-state index contributed by atoms with van der Waals surface area (Å²) >= 11 is 1.88. The zero-order chi connectivity index (χ0) is 17.3. The Bertz CT molecular complexity index is 641. The summed E-state index contributed by atoms with van der Waals surface area (Å²) in [6.45, 7) is 3.68. The van der Waals surface area contributed by atoms with Crippen LogP contribution in [0, 0.1) is 6.92 Å². The fourth-order valence-electron chi connectivity index (χ4n) is 3.20. The quantitative estimate of drug-likeness (QED) is 0.833. The molecule has 1 aromatic rings. The number of rotatable bonds is 4. The van der Waals surface area contributed by atoms with Gasteiger partial charge in [0.1, 0.15) is 6.61 Å². The largest absolute Gasteiger partial charge is 0.367 e. The maximum atomic E-state index is 12.5. The van der Waals surface area contributed by atoms with Gasteiger partial charge in [0.15, 0.2) is 0 Å². The molecule has 2 amide bonds. The standard InChI is InChI=1S/C18H24N2O3S/c1-13-5-4-6-14(7-13)17(22)20-11-18(12-20)8-15(10-24-18)23-9-16(21)19(2)3/h4-7,15H,8-12H2,1-3H3. The number of benzene rings is 1.